The van der Waals surface area contributed by atoms with Crippen LogP contribution in [-0.2, 0) is 4.74 Å². The van der Waals surface area contributed by atoms with Crippen molar-refractivity contribution in [2.45, 2.75) is 38.8 Å². The van der Waals surface area contributed by atoms with E-state index >= 15 is 0 Å². The van der Waals surface area contributed by atoms with Crippen molar-refractivity contribution >= 4 is 0 Å². The predicted octanol–water partition coefficient (Wildman–Crippen LogP) is 0.838. The quantitative estimate of drug-likeness (QED) is 0.702. The maximum absolute atomic E-state index is 6.18. The molecule has 1 unspecified atom stereocenters. The van der Waals surface area contributed by atoms with Crippen molar-refractivity contribution in [3.8, 4) is 11.8 Å². The van der Waals surface area contributed by atoms with E-state index in [1.165, 1.54) is 0 Å². The normalized spacial score (nSPS) is 20.5. The largest absolute Gasteiger partial charge is 0.379 e. The van der Waals surface area contributed by atoms with Gasteiger partial charge in [-0.15, -0.1) is 11.8 Å². The molecule has 0 aliphatic carbocycles. The van der Waals surface area contributed by atoms with Crippen LogP contribution in [0, 0.1) is 11.8 Å². The molecule has 3 nitrogen and oxygen atoms in total. The standard InChI is InChI=1S/C12H22N2O/c1-4-5-6-11(13)12(2,3)14-7-9-15-10-8-14/h11H,6-10,13H2,1-3H3. The summed E-state index contributed by atoms with van der Waals surface area (Å²) < 4.78 is 5.35. The summed E-state index contributed by atoms with van der Waals surface area (Å²) in [6.07, 6.45) is 0.765. The van der Waals surface area contributed by atoms with E-state index in [1.54, 1.807) is 0 Å². The highest BCUT2D eigenvalue weighted by Gasteiger charge is 2.33. The summed E-state index contributed by atoms with van der Waals surface area (Å²) in [7, 11) is 0. The van der Waals surface area contributed by atoms with Crippen molar-refractivity contribution in [3.63, 3.8) is 0 Å². The van der Waals surface area contributed by atoms with Crippen LogP contribution in [0.5, 0.6) is 0 Å². The second-order valence-corrected chi connectivity index (χ2v) is 4.49. The summed E-state index contributed by atoms with van der Waals surface area (Å²) in [5.41, 5.74) is 6.19. The van der Waals surface area contributed by atoms with E-state index < -0.39 is 0 Å². The maximum Gasteiger partial charge on any atom is 0.0594 e. The lowest BCUT2D eigenvalue weighted by atomic mass is 9.90. The molecule has 2 N–H and O–H groups in total. The Balaban J connectivity index is 2.56. The number of nitrogens with two attached hydrogens (primary N) is 1. The van der Waals surface area contributed by atoms with Gasteiger partial charge in [-0.3, -0.25) is 4.90 Å². The molecule has 1 heterocycles. The summed E-state index contributed by atoms with van der Waals surface area (Å²) in [6, 6.07) is 0.100. The Bertz CT molecular complexity index is 246. The first-order valence-electron chi connectivity index (χ1n) is 5.57. The fourth-order valence-corrected chi connectivity index (χ4v) is 1.84. The van der Waals surface area contributed by atoms with Crippen molar-refractivity contribution in [2.75, 3.05) is 26.3 Å². The van der Waals surface area contributed by atoms with E-state index in [-0.39, 0.29) is 11.6 Å². The molecule has 1 aliphatic heterocycles. The molecule has 0 aromatic carbocycles. The molecule has 1 saturated heterocycles. The Labute approximate surface area is 93.0 Å². The first-order valence-corrected chi connectivity index (χ1v) is 5.57. The monoisotopic (exact) mass is 210 g/mol. The Kier molecular flexibility index (Phi) is 4.59. The van der Waals surface area contributed by atoms with E-state index in [0.717, 1.165) is 32.7 Å². The molecule has 0 radical (unpaired) electrons. The lowest BCUT2D eigenvalue weighted by Crippen LogP contribution is -2.59. The van der Waals surface area contributed by atoms with Crippen LogP contribution >= 0.6 is 0 Å². The predicted molar refractivity (Wildman–Crippen MR) is 62.5 cm³/mol. The molecule has 0 saturated carbocycles. The number of ether oxygens (including phenoxy) is 1. The van der Waals surface area contributed by atoms with Crippen molar-refractivity contribution in [3.05, 3.63) is 0 Å². The Morgan fingerprint density at radius 3 is 2.53 bits per heavy atom. The van der Waals surface area contributed by atoms with Gasteiger partial charge >= 0.3 is 0 Å². The first-order chi connectivity index (χ1) is 7.09. The molecule has 3 heteroatoms. The molecule has 86 valence electrons. The summed E-state index contributed by atoms with van der Waals surface area (Å²) in [5.74, 6) is 5.96. The zero-order valence-electron chi connectivity index (χ0n) is 10.0. The molecule has 1 fully saturated rings. The lowest BCUT2D eigenvalue weighted by molar-refractivity contribution is -0.0181. The minimum absolute atomic E-state index is 0.00757. The van der Waals surface area contributed by atoms with Gasteiger partial charge in [-0.2, -0.15) is 0 Å². The Hall–Kier alpha value is -0.560. The van der Waals surface area contributed by atoms with Gasteiger partial charge in [0.1, 0.15) is 0 Å². The molecule has 0 aromatic heterocycles. The fraction of sp³-hybridized carbons (Fsp3) is 0.833. The molecule has 1 rings (SSSR count). The highest BCUT2D eigenvalue weighted by atomic mass is 16.5. The molecule has 1 aliphatic rings. The van der Waals surface area contributed by atoms with Crippen LogP contribution in [0.25, 0.3) is 0 Å². The SMILES string of the molecule is CC#CCC(N)C(C)(C)N1CCOCC1. The number of nitrogens with zero attached hydrogens (tertiary/aromatic N) is 1. The van der Waals surface area contributed by atoms with Gasteiger partial charge in [-0.25, -0.2) is 0 Å². The first kappa shape index (κ1) is 12.5. The van der Waals surface area contributed by atoms with Gasteiger partial charge in [-0.1, -0.05) is 0 Å². The van der Waals surface area contributed by atoms with Crippen LogP contribution in [0.1, 0.15) is 27.2 Å². The van der Waals surface area contributed by atoms with Crippen LogP contribution in [0.4, 0.5) is 0 Å². The summed E-state index contributed by atoms with van der Waals surface area (Å²) in [4.78, 5) is 2.40. The van der Waals surface area contributed by atoms with Crippen molar-refractivity contribution in [1.29, 1.82) is 0 Å². The zero-order chi connectivity index (χ0) is 11.3. The summed E-state index contributed by atoms with van der Waals surface area (Å²) >= 11 is 0. The number of rotatable bonds is 3. The van der Waals surface area contributed by atoms with Gasteiger partial charge in [0.15, 0.2) is 0 Å². The second kappa shape index (κ2) is 5.50. The number of hydrogen-bond donors (Lipinski definition) is 1. The molecule has 0 aromatic rings. The minimum atomic E-state index is 0.00757. The second-order valence-electron chi connectivity index (χ2n) is 4.49. The average Bonchev–Trinajstić information content (AvgIpc) is 2.27. The van der Waals surface area contributed by atoms with Crippen LogP contribution in [0.15, 0.2) is 0 Å². The van der Waals surface area contributed by atoms with Gasteiger partial charge in [-0.05, 0) is 20.8 Å². The Morgan fingerprint density at radius 1 is 1.40 bits per heavy atom. The lowest BCUT2D eigenvalue weighted by Gasteiger charge is -2.44. The van der Waals surface area contributed by atoms with E-state index in [1.807, 2.05) is 6.92 Å². The molecule has 0 bridgehead atoms. The highest BCUT2D eigenvalue weighted by molar-refractivity contribution is 5.03. The van der Waals surface area contributed by atoms with Crippen molar-refractivity contribution in [2.24, 2.45) is 5.73 Å². The molecule has 0 amide bonds. The summed E-state index contributed by atoms with van der Waals surface area (Å²) in [5, 5.41) is 0. The van der Waals surface area contributed by atoms with Gasteiger partial charge in [0.2, 0.25) is 0 Å². The molecule has 0 spiro atoms. The van der Waals surface area contributed by atoms with Gasteiger partial charge in [0.25, 0.3) is 0 Å². The van der Waals surface area contributed by atoms with E-state index in [9.17, 15) is 0 Å². The van der Waals surface area contributed by atoms with Crippen LogP contribution < -0.4 is 5.73 Å². The van der Waals surface area contributed by atoms with Crippen LogP contribution in [-0.4, -0.2) is 42.8 Å². The van der Waals surface area contributed by atoms with Gasteiger partial charge in [0, 0.05) is 31.1 Å². The smallest absolute Gasteiger partial charge is 0.0594 e. The molecular weight excluding hydrogens is 188 g/mol. The number of hydrogen-bond acceptors (Lipinski definition) is 3. The average molecular weight is 210 g/mol. The molecular formula is C12H22N2O. The summed E-state index contributed by atoms with van der Waals surface area (Å²) in [6.45, 7) is 9.82. The van der Waals surface area contributed by atoms with Crippen LogP contribution in [0.2, 0.25) is 0 Å². The minimum Gasteiger partial charge on any atom is -0.379 e. The van der Waals surface area contributed by atoms with E-state index in [2.05, 4.69) is 30.6 Å². The van der Waals surface area contributed by atoms with Crippen molar-refractivity contribution in [1.82, 2.24) is 4.90 Å². The maximum atomic E-state index is 6.18. The Morgan fingerprint density at radius 2 is 2.00 bits per heavy atom. The third-order valence-electron chi connectivity index (χ3n) is 3.23. The third kappa shape index (κ3) is 3.20. The molecule has 1 atom stereocenters. The van der Waals surface area contributed by atoms with E-state index in [4.69, 9.17) is 10.5 Å². The van der Waals surface area contributed by atoms with Crippen LogP contribution in [0.3, 0.4) is 0 Å². The van der Waals surface area contributed by atoms with E-state index in [0.29, 0.717) is 0 Å². The number of morpholine rings is 1. The van der Waals surface area contributed by atoms with Crippen molar-refractivity contribution < 1.29 is 4.74 Å². The zero-order valence-corrected chi connectivity index (χ0v) is 10.0. The highest BCUT2D eigenvalue weighted by Crippen LogP contribution is 2.20. The molecule has 15 heavy (non-hydrogen) atoms. The fourth-order valence-electron chi connectivity index (χ4n) is 1.84. The third-order valence-corrected chi connectivity index (χ3v) is 3.23. The topological polar surface area (TPSA) is 38.5 Å². The van der Waals surface area contributed by atoms with Gasteiger partial charge in [0.05, 0.1) is 13.2 Å². The van der Waals surface area contributed by atoms with Gasteiger partial charge < -0.3 is 10.5 Å².